The third-order valence-electron chi connectivity index (χ3n) is 2.25. The highest BCUT2D eigenvalue weighted by molar-refractivity contribution is 5.81. The molecule has 0 saturated heterocycles. The van der Waals surface area contributed by atoms with Gasteiger partial charge in [-0.05, 0) is 12.1 Å². The Kier molecular flexibility index (Phi) is 8.93. The van der Waals surface area contributed by atoms with Crippen molar-refractivity contribution < 1.29 is 23.7 Å². The molecule has 0 radical (unpaired) electrons. The van der Waals surface area contributed by atoms with Gasteiger partial charge in [0.1, 0.15) is 19.0 Å². The Hall–Kier alpha value is -1.85. The molecule has 110 valence electrons. The second-order valence-electron chi connectivity index (χ2n) is 3.76. The monoisotopic (exact) mass is 280 g/mol. The number of rotatable bonds is 11. The average Bonchev–Trinajstić information content (AvgIpc) is 2.50. The zero-order valence-electron chi connectivity index (χ0n) is 11.5. The highest BCUT2D eigenvalue weighted by atomic mass is 16.6. The molecule has 0 amide bonds. The topological polar surface area (TPSA) is 54.0 Å². The van der Waals surface area contributed by atoms with Crippen molar-refractivity contribution in [1.82, 2.24) is 0 Å². The molecule has 0 heterocycles. The Morgan fingerprint density at radius 3 is 2.20 bits per heavy atom. The van der Waals surface area contributed by atoms with Crippen LogP contribution in [0.25, 0.3) is 0 Å². The first-order valence-electron chi connectivity index (χ1n) is 6.45. The molecule has 1 aromatic rings. The van der Waals surface area contributed by atoms with Crippen molar-refractivity contribution in [3.05, 3.63) is 43.0 Å². The molecule has 5 heteroatoms. The molecule has 20 heavy (non-hydrogen) atoms. The Labute approximate surface area is 119 Å². The number of carbonyl (C=O) groups is 1. The van der Waals surface area contributed by atoms with E-state index in [1.54, 1.807) is 0 Å². The maximum absolute atomic E-state index is 10.7. The number of esters is 1. The van der Waals surface area contributed by atoms with Gasteiger partial charge in [0.15, 0.2) is 0 Å². The van der Waals surface area contributed by atoms with E-state index in [9.17, 15) is 4.79 Å². The van der Waals surface area contributed by atoms with Gasteiger partial charge in [0.05, 0.1) is 26.4 Å². The van der Waals surface area contributed by atoms with Crippen LogP contribution < -0.4 is 4.74 Å². The smallest absolute Gasteiger partial charge is 0.330 e. The number of benzene rings is 1. The fourth-order valence-electron chi connectivity index (χ4n) is 1.32. The Morgan fingerprint density at radius 2 is 1.55 bits per heavy atom. The van der Waals surface area contributed by atoms with Crippen molar-refractivity contribution in [3.63, 3.8) is 0 Å². The molecule has 0 saturated carbocycles. The van der Waals surface area contributed by atoms with E-state index in [0.29, 0.717) is 33.0 Å². The lowest BCUT2D eigenvalue weighted by Crippen LogP contribution is -2.13. The summed E-state index contributed by atoms with van der Waals surface area (Å²) < 4.78 is 20.7. The van der Waals surface area contributed by atoms with Gasteiger partial charge < -0.3 is 18.9 Å². The quantitative estimate of drug-likeness (QED) is 0.351. The van der Waals surface area contributed by atoms with Crippen LogP contribution in [-0.4, -0.2) is 45.6 Å². The van der Waals surface area contributed by atoms with E-state index < -0.39 is 5.97 Å². The molecule has 0 aromatic heterocycles. The molecule has 1 aromatic carbocycles. The molecule has 0 bridgehead atoms. The number of hydrogen-bond acceptors (Lipinski definition) is 5. The maximum atomic E-state index is 10.7. The van der Waals surface area contributed by atoms with Crippen LogP contribution in [0.2, 0.25) is 0 Å². The maximum Gasteiger partial charge on any atom is 0.330 e. The Morgan fingerprint density at radius 1 is 0.950 bits per heavy atom. The largest absolute Gasteiger partial charge is 0.491 e. The second kappa shape index (κ2) is 11.0. The van der Waals surface area contributed by atoms with Gasteiger partial charge in [-0.15, -0.1) is 0 Å². The predicted molar refractivity (Wildman–Crippen MR) is 74.7 cm³/mol. The van der Waals surface area contributed by atoms with E-state index in [-0.39, 0.29) is 6.61 Å². The first kappa shape index (κ1) is 16.2. The van der Waals surface area contributed by atoms with Crippen LogP contribution in [0.1, 0.15) is 0 Å². The van der Waals surface area contributed by atoms with Gasteiger partial charge in [-0.1, -0.05) is 24.8 Å². The molecular weight excluding hydrogens is 260 g/mol. The molecule has 0 N–H and O–H groups in total. The summed E-state index contributed by atoms with van der Waals surface area (Å²) in [4.78, 5) is 10.7. The van der Waals surface area contributed by atoms with E-state index in [4.69, 9.17) is 18.9 Å². The summed E-state index contributed by atoms with van der Waals surface area (Å²) in [5.41, 5.74) is 0. The lowest BCUT2D eigenvalue weighted by Gasteiger charge is -2.07. The summed E-state index contributed by atoms with van der Waals surface area (Å²) in [6.45, 7) is 5.81. The SMILES string of the molecule is C=CC(=O)OCCOCCOCCOc1ccccc1. The van der Waals surface area contributed by atoms with Crippen LogP contribution in [0, 0.1) is 0 Å². The molecule has 0 atom stereocenters. The van der Waals surface area contributed by atoms with E-state index in [0.717, 1.165) is 11.8 Å². The van der Waals surface area contributed by atoms with Gasteiger partial charge in [-0.3, -0.25) is 0 Å². The van der Waals surface area contributed by atoms with Crippen LogP contribution in [0.15, 0.2) is 43.0 Å². The van der Waals surface area contributed by atoms with Gasteiger partial charge in [0, 0.05) is 6.08 Å². The molecule has 0 spiro atoms. The number of para-hydroxylation sites is 1. The Bertz CT molecular complexity index is 377. The molecule has 0 aliphatic heterocycles. The Balaban J connectivity index is 1.83. The number of carbonyl (C=O) groups excluding carboxylic acids is 1. The van der Waals surface area contributed by atoms with Crippen LogP contribution in [0.4, 0.5) is 0 Å². The summed E-state index contributed by atoms with van der Waals surface area (Å²) in [5.74, 6) is 0.388. The molecule has 1 rings (SSSR count). The summed E-state index contributed by atoms with van der Waals surface area (Å²) in [6.07, 6.45) is 1.12. The van der Waals surface area contributed by atoms with Crippen LogP contribution >= 0.6 is 0 Å². The van der Waals surface area contributed by atoms with E-state index in [1.807, 2.05) is 30.3 Å². The summed E-state index contributed by atoms with van der Waals surface area (Å²) >= 11 is 0. The minimum Gasteiger partial charge on any atom is -0.491 e. The number of ether oxygens (including phenoxy) is 4. The zero-order valence-corrected chi connectivity index (χ0v) is 11.5. The van der Waals surface area contributed by atoms with E-state index in [2.05, 4.69) is 6.58 Å². The highest BCUT2D eigenvalue weighted by Crippen LogP contribution is 2.07. The van der Waals surface area contributed by atoms with Crippen molar-refractivity contribution in [1.29, 1.82) is 0 Å². The third-order valence-corrected chi connectivity index (χ3v) is 2.25. The third kappa shape index (κ3) is 8.29. The van der Waals surface area contributed by atoms with E-state index >= 15 is 0 Å². The van der Waals surface area contributed by atoms with Crippen molar-refractivity contribution in [2.75, 3.05) is 39.6 Å². The highest BCUT2D eigenvalue weighted by Gasteiger charge is 1.95. The van der Waals surface area contributed by atoms with Crippen molar-refractivity contribution in [2.24, 2.45) is 0 Å². The van der Waals surface area contributed by atoms with Gasteiger partial charge in [-0.2, -0.15) is 0 Å². The molecule has 0 aliphatic carbocycles. The zero-order chi connectivity index (χ0) is 14.5. The average molecular weight is 280 g/mol. The molecular formula is C15H20O5. The van der Waals surface area contributed by atoms with Crippen molar-refractivity contribution >= 4 is 5.97 Å². The van der Waals surface area contributed by atoms with Gasteiger partial charge in [0.25, 0.3) is 0 Å². The minimum absolute atomic E-state index is 0.224. The molecule has 0 unspecified atom stereocenters. The molecule has 0 fully saturated rings. The summed E-state index contributed by atoms with van der Waals surface area (Å²) in [5, 5.41) is 0. The first-order chi connectivity index (χ1) is 9.83. The summed E-state index contributed by atoms with van der Waals surface area (Å²) in [7, 11) is 0. The van der Waals surface area contributed by atoms with Crippen LogP contribution in [0.3, 0.4) is 0 Å². The standard InChI is InChI=1S/C15H20O5/c1-2-15(16)20-13-11-18-9-8-17-10-12-19-14-6-4-3-5-7-14/h2-7H,1,8-13H2. The van der Waals surface area contributed by atoms with Gasteiger partial charge >= 0.3 is 5.97 Å². The fourth-order valence-corrected chi connectivity index (χ4v) is 1.32. The fraction of sp³-hybridized carbons (Fsp3) is 0.400. The first-order valence-corrected chi connectivity index (χ1v) is 6.45. The molecule has 5 nitrogen and oxygen atoms in total. The minimum atomic E-state index is -0.442. The number of hydrogen-bond donors (Lipinski definition) is 0. The predicted octanol–water partition coefficient (Wildman–Crippen LogP) is 1.83. The van der Waals surface area contributed by atoms with Crippen LogP contribution in [0.5, 0.6) is 5.75 Å². The van der Waals surface area contributed by atoms with Gasteiger partial charge in [0.2, 0.25) is 0 Å². The van der Waals surface area contributed by atoms with Crippen molar-refractivity contribution in [2.45, 2.75) is 0 Å². The van der Waals surface area contributed by atoms with Gasteiger partial charge in [-0.25, -0.2) is 4.79 Å². The van der Waals surface area contributed by atoms with E-state index in [1.165, 1.54) is 0 Å². The normalized spacial score (nSPS) is 10.0. The lowest BCUT2D eigenvalue weighted by atomic mass is 10.3. The lowest BCUT2D eigenvalue weighted by molar-refractivity contribution is -0.139. The second-order valence-corrected chi connectivity index (χ2v) is 3.76. The van der Waals surface area contributed by atoms with Crippen LogP contribution in [-0.2, 0) is 19.0 Å². The van der Waals surface area contributed by atoms with Crippen molar-refractivity contribution in [3.8, 4) is 5.75 Å². The molecule has 0 aliphatic rings. The summed E-state index contributed by atoms with van der Waals surface area (Å²) in [6, 6.07) is 9.57.